The van der Waals surface area contributed by atoms with Gasteiger partial charge in [-0.2, -0.15) is 5.10 Å². The minimum absolute atomic E-state index is 0.197. The number of halogens is 1. The van der Waals surface area contributed by atoms with E-state index >= 15 is 0 Å². The molecule has 1 heterocycles. The highest BCUT2D eigenvalue weighted by molar-refractivity contribution is 5.26. The van der Waals surface area contributed by atoms with Gasteiger partial charge in [0.2, 0.25) is 0 Å². The van der Waals surface area contributed by atoms with E-state index in [0.29, 0.717) is 23.4 Å². The van der Waals surface area contributed by atoms with Crippen molar-refractivity contribution in [2.24, 2.45) is 5.73 Å². The summed E-state index contributed by atoms with van der Waals surface area (Å²) >= 11 is 0. The highest BCUT2D eigenvalue weighted by atomic mass is 19.1. The molecule has 0 saturated carbocycles. The number of hydrogen-bond acceptors (Lipinski definition) is 3. The summed E-state index contributed by atoms with van der Waals surface area (Å²) < 4.78 is 20.5. The number of benzene rings is 1. The molecule has 0 saturated heterocycles. The van der Waals surface area contributed by atoms with Crippen LogP contribution in [0.3, 0.4) is 0 Å². The van der Waals surface area contributed by atoms with Crippen LogP contribution in [0, 0.1) is 5.82 Å². The Morgan fingerprint density at radius 3 is 2.82 bits per heavy atom. The second-order valence-electron chi connectivity index (χ2n) is 3.67. The number of aromatic nitrogens is 2. The number of nitrogens with zero attached hydrogens (tertiary/aromatic N) is 2. The molecule has 2 rings (SSSR count). The Hall–Kier alpha value is -1.88. The fourth-order valence-electron chi connectivity index (χ4n) is 1.62. The maximum Gasteiger partial charge on any atom is 0.156 e. The molecule has 0 bridgehead atoms. The first-order valence-corrected chi connectivity index (χ1v) is 5.27. The van der Waals surface area contributed by atoms with E-state index in [1.165, 1.54) is 0 Å². The average molecular weight is 235 g/mol. The van der Waals surface area contributed by atoms with E-state index in [4.69, 9.17) is 10.5 Å². The van der Waals surface area contributed by atoms with E-state index in [1.807, 2.05) is 0 Å². The molecule has 1 aromatic heterocycles. The maximum absolute atomic E-state index is 13.9. The topological polar surface area (TPSA) is 53.1 Å². The molecular weight excluding hydrogens is 221 g/mol. The van der Waals surface area contributed by atoms with Crippen molar-refractivity contribution in [2.45, 2.75) is 13.1 Å². The summed E-state index contributed by atoms with van der Waals surface area (Å²) in [6, 6.07) is 5.20. The molecule has 0 amide bonds. The quantitative estimate of drug-likeness (QED) is 0.874. The van der Waals surface area contributed by atoms with E-state index in [9.17, 15) is 4.39 Å². The first-order chi connectivity index (χ1) is 8.24. The summed E-state index contributed by atoms with van der Waals surface area (Å²) in [7, 11) is 1.57. The highest BCUT2D eigenvalue weighted by Gasteiger charge is 2.08. The molecule has 0 atom stereocenters. The molecule has 2 aromatic rings. The summed E-state index contributed by atoms with van der Waals surface area (Å²) in [4.78, 5) is 0. The fraction of sp³-hybridized carbons (Fsp3) is 0.250. The molecule has 0 aliphatic heterocycles. The van der Waals surface area contributed by atoms with Crippen LogP contribution in [0.15, 0.2) is 30.6 Å². The molecule has 0 spiro atoms. The van der Waals surface area contributed by atoms with Gasteiger partial charge in [0.25, 0.3) is 0 Å². The normalized spacial score (nSPS) is 10.5. The van der Waals surface area contributed by atoms with Gasteiger partial charge in [-0.25, -0.2) is 4.39 Å². The Bertz CT molecular complexity index is 510. The summed E-state index contributed by atoms with van der Waals surface area (Å²) in [6.45, 7) is 0.561. The van der Waals surface area contributed by atoms with Crippen molar-refractivity contribution in [2.75, 3.05) is 7.11 Å². The van der Waals surface area contributed by atoms with Gasteiger partial charge in [-0.05, 0) is 0 Å². The number of rotatable bonds is 4. The molecule has 1 aromatic carbocycles. The summed E-state index contributed by atoms with van der Waals surface area (Å²) in [6.07, 6.45) is 3.30. The van der Waals surface area contributed by atoms with E-state index in [2.05, 4.69) is 5.10 Å². The van der Waals surface area contributed by atoms with Crippen LogP contribution in [0.4, 0.5) is 4.39 Å². The number of ether oxygens (including phenoxy) is 1. The van der Waals surface area contributed by atoms with Gasteiger partial charge in [0, 0.05) is 17.7 Å². The van der Waals surface area contributed by atoms with Gasteiger partial charge in [0.1, 0.15) is 5.82 Å². The van der Waals surface area contributed by atoms with Gasteiger partial charge >= 0.3 is 0 Å². The Balaban J connectivity index is 2.23. The minimum atomic E-state index is -0.260. The largest absolute Gasteiger partial charge is 0.493 e. The van der Waals surface area contributed by atoms with Crippen LogP contribution < -0.4 is 10.5 Å². The average Bonchev–Trinajstić information content (AvgIpc) is 2.79. The molecular formula is C12H14FN3O. The third kappa shape index (κ3) is 2.45. The third-order valence-corrected chi connectivity index (χ3v) is 2.56. The van der Waals surface area contributed by atoms with Crippen LogP contribution in [0.2, 0.25) is 0 Å². The van der Waals surface area contributed by atoms with Crippen molar-refractivity contribution in [3.8, 4) is 5.75 Å². The lowest BCUT2D eigenvalue weighted by atomic mass is 10.1. The zero-order valence-electron chi connectivity index (χ0n) is 9.56. The predicted octanol–water partition coefficient (Wildman–Crippen LogP) is 1.54. The molecule has 0 aliphatic rings. The van der Waals surface area contributed by atoms with Crippen molar-refractivity contribution in [1.29, 1.82) is 0 Å². The molecule has 17 heavy (non-hydrogen) atoms. The van der Waals surface area contributed by atoms with Crippen molar-refractivity contribution >= 4 is 0 Å². The number of methoxy groups -OCH3 is 1. The van der Waals surface area contributed by atoms with Gasteiger partial charge in [0.05, 0.1) is 26.0 Å². The van der Waals surface area contributed by atoms with Gasteiger partial charge < -0.3 is 10.5 Å². The Morgan fingerprint density at radius 2 is 2.18 bits per heavy atom. The molecule has 4 nitrogen and oxygen atoms in total. The van der Waals surface area contributed by atoms with Gasteiger partial charge in [-0.1, -0.05) is 18.2 Å². The first kappa shape index (κ1) is 11.6. The van der Waals surface area contributed by atoms with Crippen molar-refractivity contribution in [1.82, 2.24) is 9.78 Å². The summed E-state index contributed by atoms with van der Waals surface area (Å²) in [5.74, 6) is 0.393. The summed E-state index contributed by atoms with van der Waals surface area (Å²) in [5, 5.41) is 4.07. The van der Waals surface area contributed by atoms with Crippen LogP contribution in [-0.2, 0) is 13.1 Å². The molecule has 5 heteroatoms. The van der Waals surface area contributed by atoms with Crippen molar-refractivity contribution in [3.63, 3.8) is 0 Å². The number of hydrogen-bond donors (Lipinski definition) is 1. The van der Waals surface area contributed by atoms with Crippen molar-refractivity contribution < 1.29 is 9.13 Å². The van der Waals surface area contributed by atoms with Gasteiger partial charge in [-0.15, -0.1) is 0 Å². The van der Waals surface area contributed by atoms with E-state index in [1.54, 1.807) is 42.4 Å². The van der Waals surface area contributed by atoms with Crippen LogP contribution in [0.25, 0.3) is 0 Å². The fourth-order valence-corrected chi connectivity index (χ4v) is 1.62. The molecule has 0 fully saturated rings. The van der Waals surface area contributed by atoms with Gasteiger partial charge in [-0.3, -0.25) is 4.68 Å². The Morgan fingerprint density at radius 1 is 1.41 bits per heavy atom. The lowest BCUT2D eigenvalue weighted by molar-refractivity contribution is 0.414. The number of nitrogens with two attached hydrogens (primary N) is 1. The Labute approximate surface area is 98.8 Å². The first-order valence-electron chi connectivity index (χ1n) is 5.27. The second-order valence-corrected chi connectivity index (χ2v) is 3.67. The van der Waals surface area contributed by atoms with Crippen LogP contribution in [0.5, 0.6) is 5.75 Å². The maximum atomic E-state index is 13.9. The van der Waals surface area contributed by atoms with Crippen LogP contribution >= 0.6 is 0 Å². The van der Waals surface area contributed by atoms with Crippen LogP contribution in [-0.4, -0.2) is 16.9 Å². The van der Waals surface area contributed by atoms with E-state index in [0.717, 1.165) is 0 Å². The summed E-state index contributed by atoms with van der Waals surface area (Å²) in [5.41, 5.74) is 6.54. The minimum Gasteiger partial charge on any atom is -0.493 e. The van der Waals surface area contributed by atoms with Crippen LogP contribution in [0.1, 0.15) is 11.1 Å². The van der Waals surface area contributed by atoms with E-state index in [-0.39, 0.29) is 12.4 Å². The van der Waals surface area contributed by atoms with Gasteiger partial charge in [0.15, 0.2) is 5.75 Å². The lowest BCUT2D eigenvalue weighted by Gasteiger charge is -2.06. The lowest BCUT2D eigenvalue weighted by Crippen LogP contribution is -2.06. The Kier molecular flexibility index (Phi) is 3.39. The second kappa shape index (κ2) is 4.97. The highest BCUT2D eigenvalue weighted by Crippen LogP contribution is 2.15. The molecule has 2 N–H and O–H groups in total. The molecule has 90 valence electrons. The SMILES string of the molecule is COc1cnn(Cc2cccc(CN)c2F)c1. The zero-order chi connectivity index (χ0) is 12.3. The van der Waals surface area contributed by atoms with Crippen molar-refractivity contribution in [3.05, 3.63) is 47.5 Å². The smallest absolute Gasteiger partial charge is 0.156 e. The van der Waals surface area contributed by atoms with E-state index < -0.39 is 0 Å². The molecule has 0 aliphatic carbocycles. The standard InChI is InChI=1S/C12H14FN3O/c1-17-11-6-15-16(8-11)7-10-4-2-3-9(5-14)12(10)13/h2-4,6,8H,5,7,14H2,1H3. The zero-order valence-corrected chi connectivity index (χ0v) is 9.56. The monoisotopic (exact) mass is 235 g/mol. The molecule has 0 radical (unpaired) electrons. The third-order valence-electron chi connectivity index (χ3n) is 2.56. The predicted molar refractivity (Wildman–Crippen MR) is 62.2 cm³/mol. The molecule has 0 unspecified atom stereocenters.